The third-order valence-corrected chi connectivity index (χ3v) is 3.96. The van der Waals surface area contributed by atoms with Gasteiger partial charge in [0, 0.05) is 16.3 Å². The van der Waals surface area contributed by atoms with E-state index in [2.05, 4.69) is 10.3 Å². The summed E-state index contributed by atoms with van der Waals surface area (Å²) in [5, 5.41) is 3.70. The maximum Gasteiger partial charge on any atom is 0.341 e. The van der Waals surface area contributed by atoms with Crippen molar-refractivity contribution in [1.29, 1.82) is 0 Å². The van der Waals surface area contributed by atoms with Crippen LogP contribution in [0.3, 0.4) is 0 Å². The molecule has 0 fully saturated rings. The third kappa shape index (κ3) is 3.95. The summed E-state index contributed by atoms with van der Waals surface area (Å²) >= 11 is 5.90. The van der Waals surface area contributed by atoms with Gasteiger partial charge in [-0.2, -0.15) is 0 Å². The highest BCUT2D eigenvalue weighted by Gasteiger charge is 2.21. The number of hydrogen-bond acceptors (Lipinski definition) is 4. The number of carbonyl (C=O) groups is 2. The lowest BCUT2D eigenvalue weighted by Crippen LogP contribution is -2.06. The van der Waals surface area contributed by atoms with E-state index in [-0.39, 0.29) is 18.0 Å². The minimum absolute atomic E-state index is 0.208. The van der Waals surface area contributed by atoms with Gasteiger partial charge in [-0.3, -0.25) is 4.79 Å². The van der Waals surface area contributed by atoms with Crippen LogP contribution in [0.5, 0.6) is 0 Å². The predicted molar refractivity (Wildman–Crippen MR) is 101 cm³/mol. The molecular formula is C20H17ClN2O3. The Bertz CT molecular complexity index is 918. The van der Waals surface area contributed by atoms with Crippen LogP contribution in [0.1, 0.15) is 33.3 Å². The first-order chi connectivity index (χ1) is 12.6. The molecule has 0 aliphatic carbocycles. The highest BCUT2D eigenvalue weighted by molar-refractivity contribution is 6.30. The molecule has 5 nitrogen and oxygen atoms in total. The maximum atomic E-state index is 12.7. The van der Waals surface area contributed by atoms with Gasteiger partial charge in [-0.05, 0) is 37.3 Å². The van der Waals surface area contributed by atoms with Gasteiger partial charge in [0.2, 0.25) is 5.78 Å². The highest BCUT2D eigenvalue weighted by Crippen LogP contribution is 2.25. The predicted octanol–water partition coefficient (Wildman–Crippen LogP) is 4.82. The molecule has 0 amide bonds. The van der Waals surface area contributed by atoms with Gasteiger partial charge in [-0.15, -0.1) is 0 Å². The lowest BCUT2D eigenvalue weighted by molar-refractivity contribution is 0.0528. The fourth-order valence-corrected chi connectivity index (χ4v) is 2.59. The Labute approximate surface area is 156 Å². The number of hydrogen-bond donors (Lipinski definition) is 2. The number of anilines is 2. The van der Waals surface area contributed by atoms with Crippen LogP contribution >= 0.6 is 11.6 Å². The Hall–Kier alpha value is -3.05. The van der Waals surface area contributed by atoms with E-state index in [1.165, 1.54) is 6.07 Å². The number of ether oxygens (including phenoxy) is 1. The van der Waals surface area contributed by atoms with Crippen LogP contribution in [0.4, 0.5) is 11.5 Å². The number of nitrogens with one attached hydrogen (secondary N) is 2. The summed E-state index contributed by atoms with van der Waals surface area (Å²) in [4.78, 5) is 27.9. The van der Waals surface area contributed by atoms with Gasteiger partial charge in [0.05, 0.1) is 12.3 Å². The van der Waals surface area contributed by atoms with Crippen molar-refractivity contribution in [3.05, 3.63) is 82.5 Å². The highest BCUT2D eigenvalue weighted by atomic mass is 35.5. The molecule has 0 bridgehead atoms. The minimum atomic E-state index is -0.507. The van der Waals surface area contributed by atoms with Crippen molar-refractivity contribution in [2.24, 2.45) is 0 Å². The number of benzene rings is 2. The number of aromatic amines is 1. The van der Waals surface area contributed by atoms with Crippen molar-refractivity contribution in [1.82, 2.24) is 4.98 Å². The Morgan fingerprint density at radius 3 is 2.42 bits per heavy atom. The molecule has 0 saturated carbocycles. The van der Waals surface area contributed by atoms with Crippen LogP contribution in [0, 0.1) is 0 Å². The van der Waals surface area contributed by atoms with E-state index < -0.39 is 5.97 Å². The van der Waals surface area contributed by atoms with Gasteiger partial charge in [-0.1, -0.05) is 41.9 Å². The Kier molecular flexibility index (Phi) is 5.39. The average Bonchev–Trinajstić information content (AvgIpc) is 3.08. The molecule has 3 rings (SSSR count). The Morgan fingerprint density at radius 1 is 1.08 bits per heavy atom. The standard InChI is InChI=1S/C20H17ClN2O3/c1-2-26-20(25)16-12-17(18(24)13-6-4-3-5-7-13)23-19(16)22-15-10-8-14(21)9-11-15/h3-12,22-23H,2H2,1H3. The molecular weight excluding hydrogens is 352 g/mol. The molecule has 132 valence electrons. The van der Waals surface area contributed by atoms with E-state index >= 15 is 0 Å². The second-order valence-corrected chi connectivity index (χ2v) is 5.96. The molecule has 0 spiro atoms. The van der Waals surface area contributed by atoms with Crippen LogP contribution in [-0.2, 0) is 4.74 Å². The van der Waals surface area contributed by atoms with Gasteiger partial charge < -0.3 is 15.0 Å². The molecule has 0 aliphatic heterocycles. The normalized spacial score (nSPS) is 10.4. The number of ketones is 1. The van der Waals surface area contributed by atoms with Crippen LogP contribution < -0.4 is 5.32 Å². The zero-order valence-electron chi connectivity index (χ0n) is 14.1. The molecule has 2 N–H and O–H groups in total. The molecule has 26 heavy (non-hydrogen) atoms. The lowest BCUT2D eigenvalue weighted by atomic mass is 10.1. The first kappa shape index (κ1) is 17.8. The second-order valence-electron chi connectivity index (χ2n) is 5.52. The summed E-state index contributed by atoms with van der Waals surface area (Å²) in [5.41, 5.74) is 1.82. The van der Waals surface area contributed by atoms with Gasteiger partial charge in [0.1, 0.15) is 11.4 Å². The fraction of sp³-hybridized carbons (Fsp3) is 0.100. The fourth-order valence-electron chi connectivity index (χ4n) is 2.47. The number of esters is 1. The molecule has 6 heteroatoms. The van der Waals surface area contributed by atoms with E-state index in [9.17, 15) is 9.59 Å². The average molecular weight is 369 g/mol. The van der Waals surface area contributed by atoms with E-state index in [0.29, 0.717) is 22.1 Å². The van der Waals surface area contributed by atoms with E-state index in [4.69, 9.17) is 16.3 Å². The third-order valence-electron chi connectivity index (χ3n) is 3.71. The van der Waals surface area contributed by atoms with Crippen molar-refractivity contribution in [2.75, 3.05) is 11.9 Å². The summed E-state index contributed by atoms with van der Waals surface area (Å²) in [7, 11) is 0. The van der Waals surface area contributed by atoms with Crippen molar-refractivity contribution < 1.29 is 14.3 Å². The first-order valence-corrected chi connectivity index (χ1v) is 8.48. The summed E-state index contributed by atoms with van der Waals surface area (Å²) in [6.45, 7) is 1.97. The number of aromatic nitrogens is 1. The second kappa shape index (κ2) is 7.89. The molecule has 1 heterocycles. The zero-order valence-corrected chi connectivity index (χ0v) is 14.8. The summed E-state index contributed by atoms with van der Waals surface area (Å²) < 4.78 is 5.09. The molecule has 2 aromatic carbocycles. The Balaban J connectivity index is 1.96. The molecule has 0 aliphatic rings. The van der Waals surface area contributed by atoms with Gasteiger partial charge >= 0.3 is 5.97 Å². The van der Waals surface area contributed by atoms with Crippen molar-refractivity contribution in [3.8, 4) is 0 Å². The van der Waals surface area contributed by atoms with Gasteiger partial charge in [-0.25, -0.2) is 4.79 Å². The Morgan fingerprint density at radius 2 is 1.77 bits per heavy atom. The number of H-pyrrole nitrogens is 1. The molecule has 0 unspecified atom stereocenters. The molecule has 0 atom stereocenters. The summed E-state index contributed by atoms with van der Waals surface area (Å²) in [5.74, 6) is -0.322. The van der Waals surface area contributed by atoms with Crippen molar-refractivity contribution in [3.63, 3.8) is 0 Å². The van der Waals surface area contributed by atoms with Crippen LogP contribution in [0.15, 0.2) is 60.7 Å². The van der Waals surface area contributed by atoms with E-state index in [0.717, 1.165) is 5.69 Å². The summed E-state index contributed by atoms with van der Waals surface area (Å²) in [6, 6.07) is 17.4. The summed E-state index contributed by atoms with van der Waals surface area (Å²) in [6.07, 6.45) is 0. The van der Waals surface area contributed by atoms with Crippen LogP contribution in [0.2, 0.25) is 5.02 Å². The van der Waals surface area contributed by atoms with Crippen LogP contribution in [-0.4, -0.2) is 23.3 Å². The SMILES string of the molecule is CCOC(=O)c1cc(C(=O)c2ccccc2)[nH]c1Nc1ccc(Cl)cc1. The molecule has 1 aromatic heterocycles. The molecule has 3 aromatic rings. The quantitative estimate of drug-likeness (QED) is 0.483. The smallest absolute Gasteiger partial charge is 0.341 e. The number of carbonyl (C=O) groups excluding carboxylic acids is 2. The molecule has 0 saturated heterocycles. The monoisotopic (exact) mass is 368 g/mol. The van der Waals surface area contributed by atoms with Gasteiger partial charge in [0.15, 0.2) is 0 Å². The van der Waals surface area contributed by atoms with Crippen molar-refractivity contribution >= 4 is 34.9 Å². The van der Waals surface area contributed by atoms with Crippen LogP contribution in [0.25, 0.3) is 0 Å². The number of rotatable bonds is 6. The van der Waals surface area contributed by atoms with E-state index in [1.807, 2.05) is 6.07 Å². The number of halogens is 1. The zero-order chi connectivity index (χ0) is 18.5. The lowest BCUT2D eigenvalue weighted by Gasteiger charge is -2.07. The van der Waals surface area contributed by atoms with Gasteiger partial charge in [0.25, 0.3) is 0 Å². The largest absolute Gasteiger partial charge is 0.462 e. The minimum Gasteiger partial charge on any atom is -0.462 e. The van der Waals surface area contributed by atoms with E-state index in [1.54, 1.807) is 55.5 Å². The topological polar surface area (TPSA) is 71.2 Å². The first-order valence-electron chi connectivity index (χ1n) is 8.11. The van der Waals surface area contributed by atoms with Crippen molar-refractivity contribution in [2.45, 2.75) is 6.92 Å². The molecule has 0 radical (unpaired) electrons. The maximum absolute atomic E-state index is 12.7.